The molecule has 4 rings (SSSR count). The molecule has 0 saturated carbocycles. The van der Waals surface area contributed by atoms with Crippen LogP contribution < -0.4 is 9.47 Å². The molecule has 0 aliphatic carbocycles. The van der Waals surface area contributed by atoms with Crippen molar-refractivity contribution in [3.05, 3.63) is 103 Å². The number of aromatic nitrogens is 1. The first kappa shape index (κ1) is 25.0. The van der Waals surface area contributed by atoms with Crippen molar-refractivity contribution in [2.45, 2.75) is 32.1 Å². The van der Waals surface area contributed by atoms with Gasteiger partial charge in [0, 0.05) is 18.1 Å². The topological polar surface area (TPSA) is 68.7 Å². The van der Waals surface area contributed by atoms with Crippen molar-refractivity contribution in [3.8, 4) is 34.0 Å². The summed E-state index contributed by atoms with van der Waals surface area (Å²) >= 11 is 0. The van der Waals surface area contributed by atoms with Gasteiger partial charge in [0.05, 0.1) is 18.9 Å². The van der Waals surface area contributed by atoms with Gasteiger partial charge in [-0.25, -0.2) is 4.98 Å². The van der Waals surface area contributed by atoms with E-state index in [0.717, 1.165) is 53.0 Å². The molecule has 36 heavy (non-hydrogen) atoms. The van der Waals surface area contributed by atoms with Gasteiger partial charge < -0.3 is 14.6 Å². The van der Waals surface area contributed by atoms with E-state index in [1.165, 1.54) is 0 Å². The van der Waals surface area contributed by atoms with Gasteiger partial charge in [-0.15, -0.1) is 0 Å². The third-order valence-corrected chi connectivity index (χ3v) is 5.86. The second-order valence-electron chi connectivity index (χ2n) is 8.57. The van der Waals surface area contributed by atoms with Crippen molar-refractivity contribution in [3.63, 3.8) is 0 Å². The van der Waals surface area contributed by atoms with E-state index in [-0.39, 0.29) is 6.42 Å². The zero-order chi connectivity index (χ0) is 25.0. The molecule has 1 aromatic heterocycles. The summed E-state index contributed by atoms with van der Waals surface area (Å²) in [5, 5.41) is 8.93. The minimum atomic E-state index is -0.801. The summed E-state index contributed by atoms with van der Waals surface area (Å²) in [4.78, 5) is 15.6. The van der Waals surface area contributed by atoms with Gasteiger partial charge in [0.2, 0.25) is 5.88 Å². The Morgan fingerprint density at radius 3 is 2.06 bits per heavy atom. The number of rotatable bonds is 13. The first-order valence-corrected chi connectivity index (χ1v) is 12.4. The molecule has 0 saturated heterocycles. The lowest BCUT2D eigenvalue weighted by Gasteiger charge is -2.12. The van der Waals surface area contributed by atoms with Crippen LogP contribution in [0.25, 0.3) is 22.4 Å². The normalized spacial score (nSPS) is 10.7. The number of aryl methyl sites for hydroxylation is 1. The Balaban J connectivity index is 1.29. The summed E-state index contributed by atoms with van der Waals surface area (Å²) in [6.07, 6.45) is 3.31. The number of carboxylic acid groups (broad SMARTS) is 1. The van der Waals surface area contributed by atoms with Gasteiger partial charge in [-0.2, -0.15) is 0 Å². The van der Waals surface area contributed by atoms with Crippen molar-refractivity contribution in [1.29, 1.82) is 0 Å². The fourth-order valence-corrected chi connectivity index (χ4v) is 3.97. The fourth-order valence-electron chi connectivity index (χ4n) is 3.97. The highest BCUT2D eigenvalue weighted by Gasteiger charge is 2.09. The minimum absolute atomic E-state index is 0.100. The van der Waals surface area contributed by atoms with Gasteiger partial charge in [-0.3, -0.25) is 4.79 Å². The van der Waals surface area contributed by atoms with Crippen LogP contribution in [-0.2, 0) is 11.2 Å². The molecule has 5 heteroatoms. The molecule has 0 bridgehead atoms. The molecule has 5 nitrogen and oxygen atoms in total. The van der Waals surface area contributed by atoms with Crippen LogP contribution in [0, 0.1) is 0 Å². The Labute approximate surface area is 212 Å². The van der Waals surface area contributed by atoms with Gasteiger partial charge in [-0.05, 0) is 54.5 Å². The number of para-hydroxylation sites is 1. The van der Waals surface area contributed by atoms with E-state index in [2.05, 4.69) is 30.3 Å². The number of carbonyl (C=O) groups is 1. The molecule has 0 fully saturated rings. The monoisotopic (exact) mass is 481 g/mol. The van der Waals surface area contributed by atoms with Crippen molar-refractivity contribution in [1.82, 2.24) is 4.98 Å². The van der Waals surface area contributed by atoms with Crippen LogP contribution in [0.15, 0.2) is 97.1 Å². The van der Waals surface area contributed by atoms with E-state index in [4.69, 9.17) is 19.6 Å². The quantitative estimate of drug-likeness (QED) is 0.207. The van der Waals surface area contributed by atoms with Crippen molar-refractivity contribution >= 4 is 5.97 Å². The molecule has 0 atom stereocenters. The zero-order valence-electron chi connectivity index (χ0n) is 20.3. The molecule has 0 unspecified atom stereocenters. The third kappa shape index (κ3) is 7.44. The Kier molecular flexibility index (Phi) is 9.09. The van der Waals surface area contributed by atoms with E-state index in [1.54, 1.807) is 0 Å². The van der Waals surface area contributed by atoms with Gasteiger partial charge in [-0.1, -0.05) is 78.9 Å². The Hall–Kier alpha value is -4.12. The molecule has 1 heterocycles. The van der Waals surface area contributed by atoms with Crippen LogP contribution in [0.3, 0.4) is 0 Å². The number of ether oxygens (including phenoxy) is 2. The molecular weight excluding hydrogens is 450 g/mol. The van der Waals surface area contributed by atoms with Crippen LogP contribution in [0.1, 0.15) is 31.2 Å². The van der Waals surface area contributed by atoms with Crippen LogP contribution in [0.4, 0.5) is 0 Å². The number of benzene rings is 3. The second kappa shape index (κ2) is 13.1. The van der Waals surface area contributed by atoms with Gasteiger partial charge in [0.1, 0.15) is 5.75 Å². The van der Waals surface area contributed by atoms with Crippen LogP contribution >= 0.6 is 0 Å². The van der Waals surface area contributed by atoms with Crippen molar-refractivity contribution in [2.75, 3.05) is 13.2 Å². The molecule has 0 amide bonds. The fraction of sp³-hybridized carbons (Fsp3) is 0.226. The van der Waals surface area contributed by atoms with Crippen LogP contribution in [0.5, 0.6) is 11.6 Å². The third-order valence-electron chi connectivity index (χ3n) is 5.86. The van der Waals surface area contributed by atoms with Gasteiger partial charge >= 0.3 is 5.97 Å². The molecule has 0 radical (unpaired) electrons. The predicted octanol–water partition coefficient (Wildman–Crippen LogP) is 7.06. The lowest BCUT2D eigenvalue weighted by Crippen LogP contribution is -2.04. The summed E-state index contributed by atoms with van der Waals surface area (Å²) in [5.74, 6) is 0.591. The second-order valence-corrected chi connectivity index (χ2v) is 8.57. The Morgan fingerprint density at radius 2 is 1.33 bits per heavy atom. The van der Waals surface area contributed by atoms with E-state index < -0.39 is 5.97 Å². The molecule has 4 aromatic rings. The molecule has 1 N–H and O–H groups in total. The number of hydrogen-bond donors (Lipinski definition) is 1. The number of hydrogen-bond acceptors (Lipinski definition) is 4. The predicted molar refractivity (Wildman–Crippen MR) is 142 cm³/mol. The number of nitrogens with zero attached hydrogens (tertiary/aromatic N) is 1. The number of pyridine rings is 1. The first-order valence-electron chi connectivity index (χ1n) is 12.4. The maximum Gasteiger partial charge on any atom is 0.303 e. The minimum Gasteiger partial charge on any atom is -0.493 e. The highest BCUT2D eigenvalue weighted by molar-refractivity contribution is 5.71. The standard InChI is InChI=1S/C31H31NO4/c33-31(34)19-18-26-16-8-9-17-29(26)35-20-10-3-11-21-36-30-23-27(24-12-4-1-5-13-24)22-28(32-30)25-14-6-2-7-15-25/h1-2,4-9,12-17,22-23H,3,10-11,18-21H2,(H,33,34). The van der Waals surface area contributed by atoms with Gasteiger partial charge in [0.15, 0.2) is 0 Å². The van der Waals surface area contributed by atoms with E-state index in [1.807, 2.05) is 66.7 Å². The average molecular weight is 482 g/mol. The van der Waals surface area contributed by atoms with Crippen LogP contribution in [0.2, 0.25) is 0 Å². The van der Waals surface area contributed by atoms with Crippen molar-refractivity contribution in [2.24, 2.45) is 0 Å². The number of unbranched alkanes of at least 4 members (excludes halogenated alkanes) is 2. The molecular formula is C31H31NO4. The average Bonchev–Trinajstić information content (AvgIpc) is 2.92. The van der Waals surface area contributed by atoms with Gasteiger partial charge in [0.25, 0.3) is 0 Å². The van der Waals surface area contributed by atoms with Crippen LogP contribution in [-0.4, -0.2) is 29.3 Å². The lowest BCUT2D eigenvalue weighted by atomic mass is 10.0. The molecule has 0 spiro atoms. The molecule has 184 valence electrons. The van der Waals surface area contributed by atoms with E-state index in [9.17, 15) is 4.79 Å². The summed E-state index contributed by atoms with van der Waals surface area (Å²) in [6, 6.07) is 32.1. The number of aliphatic carboxylic acids is 1. The SMILES string of the molecule is O=C(O)CCc1ccccc1OCCCCCOc1cc(-c2ccccc2)cc(-c2ccccc2)n1. The number of carboxylic acids is 1. The van der Waals surface area contributed by atoms with E-state index >= 15 is 0 Å². The summed E-state index contributed by atoms with van der Waals surface area (Å²) in [5.41, 5.74) is 5.08. The first-order chi connectivity index (χ1) is 17.7. The summed E-state index contributed by atoms with van der Waals surface area (Å²) < 4.78 is 12.0. The zero-order valence-corrected chi connectivity index (χ0v) is 20.3. The molecule has 3 aromatic carbocycles. The van der Waals surface area contributed by atoms with Crippen molar-refractivity contribution < 1.29 is 19.4 Å². The Bertz CT molecular complexity index is 1180. The highest BCUT2D eigenvalue weighted by Crippen LogP contribution is 2.28. The largest absolute Gasteiger partial charge is 0.493 e. The maximum atomic E-state index is 10.9. The smallest absolute Gasteiger partial charge is 0.303 e. The van der Waals surface area contributed by atoms with E-state index in [0.29, 0.717) is 25.5 Å². The summed E-state index contributed by atoms with van der Waals surface area (Å²) in [6.45, 7) is 1.17. The summed E-state index contributed by atoms with van der Waals surface area (Å²) in [7, 11) is 0. The maximum absolute atomic E-state index is 10.9. The highest BCUT2D eigenvalue weighted by atomic mass is 16.5. The lowest BCUT2D eigenvalue weighted by molar-refractivity contribution is -0.136. The molecule has 0 aliphatic rings. The Morgan fingerprint density at radius 1 is 0.694 bits per heavy atom. The molecule has 0 aliphatic heterocycles.